The van der Waals surface area contributed by atoms with Crippen LogP contribution in [-0.2, 0) is 15.0 Å². The maximum Gasteiger partial charge on any atom is 0.281 e. The minimum absolute atomic E-state index is 0.0965. The van der Waals surface area contributed by atoms with Gasteiger partial charge in [-0.3, -0.25) is 4.79 Å². The smallest absolute Gasteiger partial charge is 0.281 e. The molecule has 0 aliphatic carbocycles. The molecule has 2 aliphatic rings. The molecule has 2 aliphatic heterocycles. The third-order valence-electron chi connectivity index (χ3n) is 6.03. The molecule has 0 saturated carbocycles. The molecule has 0 bridgehead atoms. The fourth-order valence-corrected chi connectivity index (χ4v) is 5.28. The second-order valence-corrected chi connectivity index (χ2v) is 10.2. The van der Waals surface area contributed by atoms with Gasteiger partial charge in [0.25, 0.3) is 10.2 Å². The second kappa shape index (κ2) is 8.39. The largest absolute Gasteiger partial charge is 0.368 e. The zero-order valence-corrected chi connectivity index (χ0v) is 18.2. The van der Waals surface area contributed by atoms with Crippen molar-refractivity contribution in [3.63, 3.8) is 0 Å². The summed E-state index contributed by atoms with van der Waals surface area (Å²) in [6.45, 7) is 8.03. The Kier molecular flexibility index (Phi) is 6.31. The molecule has 1 amide bonds. The van der Waals surface area contributed by atoms with Crippen molar-refractivity contribution in [1.82, 2.24) is 13.5 Å². The maximum atomic E-state index is 13.0. The molecule has 2 heterocycles. The van der Waals surface area contributed by atoms with Crippen LogP contribution in [-0.4, -0.2) is 81.2 Å². The summed E-state index contributed by atoms with van der Waals surface area (Å²) in [5, 5.41) is 0. The van der Waals surface area contributed by atoms with Crippen molar-refractivity contribution >= 4 is 21.8 Å². The number of piperazine rings is 1. The standard InChI is InChI=1S/C20H32N4O3S/c1-16-7-5-9-19(17(16)2)22-11-13-23(14-12-22)20(25)18-8-6-10-24(15-18)28(26,27)21(3)4/h5,7,9,18H,6,8,10-15H2,1-4H3/t18-/m1/s1. The van der Waals surface area contributed by atoms with E-state index in [9.17, 15) is 13.2 Å². The van der Waals surface area contributed by atoms with Gasteiger partial charge in [0.15, 0.2) is 0 Å². The molecule has 0 spiro atoms. The van der Waals surface area contributed by atoms with Crippen molar-refractivity contribution in [2.45, 2.75) is 26.7 Å². The number of anilines is 1. The highest BCUT2D eigenvalue weighted by Gasteiger charge is 2.36. The summed E-state index contributed by atoms with van der Waals surface area (Å²) < 4.78 is 27.5. The van der Waals surface area contributed by atoms with E-state index < -0.39 is 10.2 Å². The molecule has 0 radical (unpaired) electrons. The molecule has 28 heavy (non-hydrogen) atoms. The van der Waals surface area contributed by atoms with Gasteiger partial charge in [0, 0.05) is 59.1 Å². The Morgan fingerprint density at radius 1 is 1.07 bits per heavy atom. The van der Waals surface area contributed by atoms with Gasteiger partial charge < -0.3 is 9.80 Å². The Morgan fingerprint density at radius 2 is 1.75 bits per heavy atom. The molecule has 3 rings (SSSR count). The zero-order chi connectivity index (χ0) is 20.5. The normalized spacial score (nSPS) is 22.0. The summed E-state index contributed by atoms with van der Waals surface area (Å²) in [6, 6.07) is 6.34. The molecule has 8 heteroatoms. The van der Waals surface area contributed by atoms with Gasteiger partial charge >= 0.3 is 0 Å². The first-order valence-corrected chi connectivity index (χ1v) is 11.4. The second-order valence-electron chi connectivity index (χ2n) is 8.02. The maximum absolute atomic E-state index is 13.0. The van der Waals surface area contributed by atoms with Crippen molar-refractivity contribution in [1.29, 1.82) is 0 Å². The summed E-state index contributed by atoms with van der Waals surface area (Å²) >= 11 is 0. The van der Waals surface area contributed by atoms with E-state index in [2.05, 4.69) is 36.9 Å². The van der Waals surface area contributed by atoms with Crippen LogP contribution in [0.4, 0.5) is 5.69 Å². The van der Waals surface area contributed by atoms with E-state index in [1.54, 1.807) is 0 Å². The monoisotopic (exact) mass is 408 g/mol. The summed E-state index contributed by atoms with van der Waals surface area (Å²) in [4.78, 5) is 17.3. The third-order valence-corrected chi connectivity index (χ3v) is 7.94. The molecule has 0 aromatic heterocycles. The number of hydrogen-bond acceptors (Lipinski definition) is 4. The molecule has 0 unspecified atom stereocenters. The van der Waals surface area contributed by atoms with E-state index in [-0.39, 0.29) is 18.4 Å². The SMILES string of the molecule is Cc1cccc(N2CCN(C(=O)[C@@H]3CCCN(S(=O)(=O)N(C)C)C3)CC2)c1C. The van der Waals surface area contributed by atoms with Crippen LogP contribution in [0.1, 0.15) is 24.0 Å². The number of carbonyl (C=O) groups is 1. The molecule has 7 nitrogen and oxygen atoms in total. The average Bonchev–Trinajstić information content (AvgIpc) is 2.69. The van der Waals surface area contributed by atoms with Crippen LogP contribution in [0.15, 0.2) is 18.2 Å². The van der Waals surface area contributed by atoms with Gasteiger partial charge in [-0.15, -0.1) is 0 Å². The number of hydrogen-bond donors (Lipinski definition) is 0. The van der Waals surface area contributed by atoms with Crippen LogP contribution in [0.3, 0.4) is 0 Å². The molecule has 2 fully saturated rings. The van der Waals surface area contributed by atoms with E-state index in [1.807, 2.05) is 4.90 Å². The predicted molar refractivity (Wildman–Crippen MR) is 112 cm³/mol. The van der Waals surface area contributed by atoms with E-state index in [4.69, 9.17) is 0 Å². The summed E-state index contributed by atoms with van der Waals surface area (Å²) in [6.07, 6.45) is 1.49. The van der Waals surface area contributed by atoms with Crippen LogP contribution >= 0.6 is 0 Å². The Labute approximate surface area is 169 Å². The van der Waals surface area contributed by atoms with Crippen molar-refractivity contribution in [2.24, 2.45) is 5.92 Å². The van der Waals surface area contributed by atoms with Gasteiger partial charge in [-0.25, -0.2) is 0 Å². The third kappa shape index (κ3) is 4.18. The van der Waals surface area contributed by atoms with E-state index >= 15 is 0 Å². The lowest BCUT2D eigenvalue weighted by Gasteiger charge is -2.40. The Morgan fingerprint density at radius 3 is 2.39 bits per heavy atom. The van der Waals surface area contributed by atoms with Gasteiger partial charge in [-0.2, -0.15) is 17.0 Å². The number of aryl methyl sites for hydroxylation is 1. The lowest BCUT2D eigenvalue weighted by atomic mass is 9.97. The first kappa shape index (κ1) is 21.1. The van der Waals surface area contributed by atoms with Crippen LogP contribution in [0.25, 0.3) is 0 Å². The predicted octanol–water partition coefficient (Wildman–Crippen LogP) is 1.47. The van der Waals surface area contributed by atoms with Crippen LogP contribution in [0.2, 0.25) is 0 Å². The van der Waals surface area contributed by atoms with Crippen LogP contribution in [0, 0.1) is 19.8 Å². The van der Waals surface area contributed by atoms with Crippen molar-refractivity contribution in [2.75, 3.05) is 58.3 Å². The van der Waals surface area contributed by atoms with Crippen LogP contribution in [0.5, 0.6) is 0 Å². The Hall–Kier alpha value is -1.64. The number of benzene rings is 1. The molecular weight excluding hydrogens is 376 g/mol. The number of carbonyl (C=O) groups excluding carboxylic acids is 1. The van der Waals surface area contributed by atoms with Crippen molar-refractivity contribution in [3.8, 4) is 0 Å². The highest BCUT2D eigenvalue weighted by molar-refractivity contribution is 7.86. The van der Waals surface area contributed by atoms with Crippen molar-refractivity contribution < 1.29 is 13.2 Å². The minimum atomic E-state index is -3.46. The minimum Gasteiger partial charge on any atom is -0.368 e. The highest BCUT2D eigenvalue weighted by atomic mass is 32.2. The molecular formula is C20H32N4O3S. The molecule has 2 saturated heterocycles. The lowest BCUT2D eigenvalue weighted by Crippen LogP contribution is -2.54. The fourth-order valence-electron chi connectivity index (χ4n) is 4.09. The number of piperidine rings is 1. The summed E-state index contributed by atoms with van der Waals surface area (Å²) in [5.41, 5.74) is 3.81. The molecule has 1 aromatic carbocycles. The number of nitrogens with zero attached hydrogens (tertiary/aromatic N) is 4. The summed E-state index contributed by atoms with van der Waals surface area (Å²) in [7, 11) is -0.393. The molecule has 156 valence electrons. The first-order valence-electron chi connectivity index (χ1n) is 9.99. The van der Waals surface area contributed by atoms with Crippen LogP contribution < -0.4 is 4.90 Å². The van der Waals surface area contributed by atoms with Gasteiger partial charge in [-0.1, -0.05) is 12.1 Å². The van der Waals surface area contributed by atoms with E-state index in [1.165, 1.54) is 39.5 Å². The number of amides is 1. The van der Waals surface area contributed by atoms with Gasteiger partial charge in [0.1, 0.15) is 0 Å². The summed E-state index contributed by atoms with van der Waals surface area (Å²) in [5.74, 6) is -0.144. The zero-order valence-electron chi connectivity index (χ0n) is 17.4. The van der Waals surface area contributed by atoms with Gasteiger partial charge in [-0.05, 0) is 43.9 Å². The first-order chi connectivity index (χ1) is 13.2. The van der Waals surface area contributed by atoms with Gasteiger partial charge in [0.05, 0.1) is 5.92 Å². The molecule has 1 atom stereocenters. The molecule has 0 N–H and O–H groups in total. The topological polar surface area (TPSA) is 64.2 Å². The average molecular weight is 409 g/mol. The quantitative estimate of drug-likeness (QED) is 0.757. The van der Waals surface area contributed by atoms with Crippen molar-refractivity contribution in [3.05, 3.63) is 29.3 Å². The Balaban J connectivity index is 1.61. The Bertz CT molecular complexity index is 817. The fraction of sp³-hybridized carbons (Fsp3) is 0.650. The highest BCUT2D eigenvalue weighted by Crippen LogP contribution is 2.26. The lowest BCUT2D eigenvalue weighted by molar-refractivity contribution is -0.137. The number of rotatable bonds is 4. The van der Waals surface area contributed by atoms with E-state index in [0.717, 1.165) is 25.9 Å². The van der Waals surface area contributed by atoms with E-state index in [0.29, 0.717) is 19.6 Å². The van der Waals surface area contributed by atoms with Gasteiger partial charge in [0.2, 0.25) is 5.91 Å². The molecule has 1 aromatic rings.